The molecular formula is C22H32N6O. The van der Waals surface area contributed by atoms with E-state index in [4.69, 9.17) is 5.10 Å². The fraction of sp³-hybridized carbons (Fsp3) is 0.591. The molecule has 0 aliphatic carbocycles. The van der Waals surface area contributed by atoms with Gasteiger partial charge in [0.05, 0.1) is 23.9 Å². The van der Waals surface area contributed by atoms with Crippen molar-refractivity contribution in [1.29, 1.82) is 0 Å². The number of anilines is 1. The smallest absolute Gasteiger partial charge is 0.227 e. The number of piperidine rings is 2. The zero-order valence-corrected chi connectivity index (χ0v) is 17.5. The van der Waals surface area contributed by atoms with Crippen molar-refractivity contribution >= 4 is 11.7 Å². The molecule has 0 aromatic carbocycles. The molecule has 0 bridgehead atoms. The molecule has 1 unspecified atom stereocenters. The second-order valence-electron chi connectivity index (χ2n) is 8.38. The SMILES string of the molecule is CN(Cc1cc(C2CCNCC2)nn1C)C(=O)C1CCCN(c2ccccn2)C1. The normalized spacial score (nSPS) is 20.6. The zero-order chi connectivity index (χ0) is 20.2. The van der Waals surface area contributed by atoms with Crippen LogP contribution in [0.4, 0.5) is 5.82 Å². The van der Waals surface area contributed by atoms with Gasteiger partial charge in [0.15, 0.2) is 0 Å². The summed E-state index contributed by atoms with van der Waals surface area (Å²) in [6.45, 7) is 4.43. The average Bonchev–Trinajstić information content (AvgIpc) is 3.14. The van der Waals surface area contributed by atoms with Crippen LogP contribution in [0.2, 0.25) is 0 Å². The van der Waals surface area contributed by atoms with Crippen molar-refractivity contribution in [1.82, 2.24) is 25.0 Å². The first-order chi connectivity index (χ1) is 14.1. The van der Waals surface area contributed by atoms with E-state index in [1.54, 1.807) is 0 Å². The minimum atomic E-state index is 0.0212. The highest BCUT2D eigenvalue weighted by Gasteiger charge is 2.29. The van der Waals surface area contributed by atoms with Gasteiger partial charge in [-0.05, 0) is 57.0 Å². The van der Waals surface area contributed by atoms with E-state index in [2.05, 4.69) is 21.3 Å². The lowest BCUT2D eigenvalue weighted by molar-refractivity contribution is -0.135. The van der Waals surface area contributed by atoms with E-state index in [0.29, 0.717) is 12.5 Å². The van der Waals surface area contributed by atoms with Crippen molar-refractivity contribution < 1.29 is 4.79 Å². The van der Waals surface area contributed by atoms with Gasteiger partial charge in [0.2, 0.25) is 5.91 Å². The standard InChI is InChI=1S/C22H32N6O/c1-26(16-19-14-20(25-27(19)2)17-8-11-23-12-9-17)22(29)18-6-5-13-28(15-18)21-7-3-4-10-24-21/h3-4,7,10,14,17-18,23H,5-6,8-9,11-13,15-16H2,1-2H3. The molecule has 4 heterocycles. The van der Waals surface area contributed by atoms with Crippen LogP contribution in [0.1, 0.15) is 43.0 Å². The minimum Gasteiger partial charge on any atom is -0.356 e. The van der Waals surface area contributed by atoms with Crippen LogP contribution in [-0.4, -0.2) is 58.8 Å². The quantitative estimate of drug-likeness (QED) is 0.839. The van der Waals surface area contributed by atoms with Gasteiger partial charge in [-0.15, -0.1) is 0 Å². The number of aromatic nitrogens is 3. The van der Waals surface area contributed by atoms with Crippen molar-refractivity contribution in [3.05, 3.63) is 41.9 Å². The van der Waals surface area contributed by atoms with Crippen molar-refractivity contribution in [3.8, 4) is 0 Å². The maximum Gasteiger partial charge on any atom is 0.227 e. The number of carbonyl (C=O) groups excluding carboxylic acids is 1. The van der Waals surface area contributed by atoms with Crippen LogP contribution in [0.25, 0.3) is 0 Å². The first-order valence-electron chi connectivity index (χ1n) is 10.8. The van der Waals surface area contributed by atoms with Gasteiger partial charge in [-0.3, -0.25) is 9.48 Å². The van der Waals surface area contributed by atoms with Crippen LogP contribution in [0, 0.1) is 5.92 Å². The maximum atomic E-state index is 13.1. The summed E-state index contributed by atoms with van der Waals surface area (Å²) in [5, 5.41) is 8.15. The van der Waals surface area contributed by atoms with Crippen LogP contribution < -0.4 is 10.2 Å². The number of hydrogen-bond donors (Lipinski definition) is 1. The molecule has 0 spiro atoms. The number of carbonyl (C=O) groups is 1. The van der Waals surface area contributed by atoms with Crippen LogP contribution in [-0.2, 0) is 18.4 Å². The third-order valence-corrected chi connectivity index (χ3v) is 6.27. The Morgan fingerprint density at radius 3 is 2.86 bits per heavy atom. The van der Waals surface area contributed by atoms with E-state index in [1.165, 1.54) is 5.69 Å². The zero-order valence-electron chi connectivity index (χ0n) is 17.5. The van der Waals surface area contributed by atoms with E-state index in [1.807, 2.05) is 48.1 Å². The van der Waals surface area contributed by atoms with Crippen molar-refractivity contribution in [2.75, 3.05) is 38.1 Å². The van der Waals surface area contributed by atoms with Gasteiger partial charge in [0.1, 0.15) is 5.82 Å². The third kappa shape index (κ3) is 4.61. The minimum absolute atomic E-state index is 0.0212. The van der Waals surface area contributed by atoms with Gasteiger partial charge in [0.25, 0.3) is 0 Å². The summed E-state index contributed by atoms with van der Waals surface area (Å²) in [6.07, 6.45) is 6.05. The number of pyridine rings is 1. The highest BCUT2D eigenvalue weighted by Crippen LogP contribution is 2.26. The number of amides is 1. The molecule has 7 nitrogen and oxygen atoms in total. The summed E-state index contributed by atoms with van der Waals surface area (Å²) in [6, 6.07) is 8.15. The predicted octanol–water partition coefficient (Wildman–Crippen LogP) is 2.16. The molecule has 1 N–H and O–H groups in total. The summed E-state index contributed by atoms with van der Waals surface area (Å²) >= 11 is 0. The molecule has 2 aromatic heterocycles. The van der Waals surface area contributed by atoms with Gasteiger partial charge >= 0.3 is 0 Å². The Morgan fingerprint density at radius 2 is 2.10 bits per heavy atom. The van der Waals surface area contributed by atoms with Crippen molar-refractivity contribution in [2.24, 2.45) is 13.0 Å². The summed E-state index contributed by atoms with van der Waals surface area (Å²) in [5.41, 5.74) is 2.27. The van der Waals surface area contributed by atoms with Gasteiger partial charge in [-0.2, -0.15) is 5.10 Å². The topological polar surface area (TPSA) is 66.3 Å². The number of hydrogen-bond acceptors (Lipinski definition) is 5. The van der Waals surface area contributed by atoms with Crippen LogP contribution in [0.15, 0.2) is 30.5 Å². The Morgan fingerprint density at radius 1 is 1.28 bits per heavy atom. The molecule has 7 heteroatoms. The molecule has 156 valence electrons. The first kappa shape index (κ1) is 19.9. The lowest BCUT2D eigenvalue weighted by Crippen LogP contribution is -2.44. The fourth-order valence-corrected chi connectivity index (χ4v) is 4.56. The summed E-state index contributed by atoms with van der Waals surface area (Å²) in [7, 11) is 3.90. The van der Waals surface area contributed by atoms with E-state index in [0.717, 1.165) is 63.4 Å². The Labute approximate surface area is 173 Å². The highest BCUT2D eigenvalue weighted by molar-refractivity contribution is 5.79. The summed E-state index contributed by atoms with van der Waals surface area (Å²) in [4.78, 5) is 21.7. The molecule has 2 aromatic rings. The predicted molar refractivity (Wildman–Crippen MR) is 114 cm³/mol. The maximum absolute atomic E-state index is 13.1. The molecule has 29 heavy (non-hydrogen) atoms. The lowest BCUT2D eigenvalue weighted by Gasteiger charge is -2.34. The lowest BCUT2D eigenvalue weighted by atomic mass is 9.94. The number of rotatable bonds is 5. The summed E-state index contributed by atoms with van der Waals surface area (Å²) < 4.78 is 1.95. The fourth-order valence-electron chi connectivity index (χ4n) is 4.56. The van der Waals surface area contributed by atoms with Crippen LogP contribution in [0.3, 0.4) is 0 Å². The van der Waals surface area contributed by atoms with Crippen molar-refractivity contribution in [2.45, 2.75) is 38.1 Å². The number of nitrogens with one attached hydrogen (secondary N) is 1. The molecule has 2 saturated heterocycles. The van der Waals surface area contributed by atoms with Crippen molar-refractivity contribution in [3.63, 3.8) is 0 Å². The van der Waals surface area contributed by atoms with Crippen LogP contribution in [0.5, 0.6) is 0 Å². The monoisotopic (exact) mass is 396 g/mol. The van der Waals surface area contributed by atoms with Gasteiger partial charge in [-0.25, -0.2) is 4.98 Å². The van der Waals surface area contributed by atoms with Gasteiger partial charge < -0.3 is 15.1 Å². The Hall–Kier alpha value is -2.41. The second kappa shape index (κ2) is 8.95. The van der Waals surface area contributed by atoms with Crippen LogP contribution >= 0.6 is 0 Å². The molecule has 1 atom stereocenters. The average molecular weight is 397 g/mol. The first-order valence-corrected chi connectivity index (χ1v) is 10.8. The number of nitrogens with zero attached hydrogens (tertiary/aromatic N) is 5. The molecule has 2 fully saturated rings. The summed E-state index contributed by atoms with van der Waals surface area (Å²) in [5.74, 6) is 1.73. The Balaban J connectivity index is 1.38. The van der Waals surface area contributed by atoms with Gasteiger partial charge in [-0.1, -0.05) is 6.07 Å². The molecule has 2 aliphatic rings. The molecular weight excluding hydrogens is 364 g/mol. The molecule has 0 saturated carbocycles. The molecule has 2 aliphatic heterocycles. The van der Waals surface area contributed by atoms with E-state index >= 15 is 0 Å². The van der Waals surface area contributed by atoms with E-state index in [-0.39, 0.29) is 11.8 Å². The number of aryl methyl sites for hydroxylation is 1. The van der Waals surface area contributed by atoms with E-state index < -0.39 is 0 Å². The van der Waals surface area contributed by atoms with Gasteiger partial charge in [0, 0.05) is 39.3 Å². The molecule has 0 radical (unpaired) electrons. The molecule has 4 rings (SSSR count). The third-order valence-electron chi connectivity index (χ3n) is 6.27. The molecule has 1 amide bonds. The Bertz CT molecular complexity index is 814. The Kier molecular flexibility index (Phi) is 6.13. The van der Waals surface area contributed by atoms with E-state index in [9.17, 15) is 4.79 Å². The highest BCUT2D eigenvalue weighted by atomic mass is 16.2. The largest absolute Gasteiger partial charge is 0.356 e. The second-order valence-corrected chi connectivity index (χ2v) is 8.38.